The van der Waals surface area contributed by atoms with Gasteiger partial charge in [0, 0.05) is 10.6 Å². The van der Waals surface area contributed by atoms with Crippen LogP contribution in [0.2, 0.25) is 0 Å². The van der Waals surface area contributed by atoms with E-state index in [0.29, 0.717) is 0 Å². The van der Waals surface area contributed by atoms with E-state index in [1.165, 1.54) is 16.2 Å². The lowest BCUT2D eigenvalue weighted by Gasteiger charge is -2.20. The van der Waals surface area contributed by atoms with E-state index in [4.69, 9.17) is 11.8 Å². The Morgan fingerprint density at radius 3 is 1.76 bits per heavy atom. The molecular weight excluding hydrogens is 295 g/mol. The number of hydrogen-bond acceptors (Lipinski definition) is 1. The largest absolute Gasteiger partial charge is 0.294 e. The highest BCUT2D eigenvalue weighted by Gasteiger charge is 2.34. The number of aryl methyl sites for hydroxylation is 2. The minimum Gasteiger partial charge on any atom is -0.232 e. The van der Waals surface area contributed by atoms with Crippen molar-refractivity contribution >= 4 is 34.0 Å². The van der Waals surface area contributed by atoms with Crippen molar-refractivity contribution in [3.8, 4) is 0 Å². The summed E-state index contributed by atoms with van der Waals surface area (Å²) in [6, 6.07) is 18.9. The molecular formula is C17H18N2PS+. The summed E-state index contributed by atoms with van der Waals surface area (Å²) in [5.74, 6) is 0. The number of aromatic nitrogens is 2. The summed E-state index contributed by atoms with van der Waals surface area (Å²) in [7, 11) is 4.14. The van der Waals surface area contributed by atoms with E-state index in [2.05, 4.69) is 84.2 Å². The van der Waals surface area contributed by atoms with Crippen molar-refractivity contribution in [3.05, 3.63) is 73.1 Å². The minimum atomic E-state index is -2.04. The van der Waals surface area contributed by atoms with E-state index in [0.717, 1.165) is 0 Å². The Labute approximate surface area is 130 Å². The van der Waals surface area contributed by atoms with Crippen LogP contribution in [0.3, 0.4) is 0 Å². The van der Waals surface area contributed by atoms with Gasteiger partial charge in [-0.1, -0.05) is 72.5 Å². The lowest BCUT2D eigenvalue weighted by molar-refractivity contribution is -0.652. The van der Waals surface area contributed by atoms with Gasteiger partial charge in [-0.25, -0.2) is 9.13 Å². The zero-order chi connectivity index (χ0) is 14.9. The molecule has 0 aliphatic heterocycles. The first-order valence-electron chi connectivity index (χ1n) is 6.87. The average Bonchev–Trinajstić information content (AvgIpc) is 2.88. The van der Waals surface area contributed by atoms with E-state index in [9.17, 15) is 0 Å². The topological polar surface area (TPSA) is 8.81 Å². The molecule has 0 atom stereocenters. The molecule has 2 nitrogen and oxygen atoms in total. The monoisotopic (exact) mass is 313 g/mol. The smallest absolute Gasteiger partial charge is 0.232 e. The fraction of sp³-hybridized carbons (Fsp3) is 0.118. The van der Waals surface area contributed by atoms with Crippen LogP contribution in [0.4, 0.5) is 0 Å². The molecule has 0 fully saturated rings. The van der Waals surface area contributed by atoms with E-state index in [1.807, 2.05) is 12.1 Å². The minimum absolute atomic E-state index is 1.19. The lowest BCUT2D eigenvalue weighted by Crippen LogP contribution is -2.49. The first-order chi connectivity index (χ1) is 10.1. The molecule has 0 spiro atoms. The number of hydrogen-bond donors (Lipinski definition) is 0. The predicted octanol–water partition coefficient (Wildman–Crippen LogP) is 1.61. The molecule has 4 heteroatoms. The van der Waals surface area contributed by atoms with E-state index in [1.54, 1.807) is 0 Å². The van der Waals surface area contributed by atoms with Crippen molar-refractivity contribution < 1.29 is 4.57 Å². The summed E-state index contributed by atoms with van der Waals surface area (Å²) in [5, 5.41) is 2.45. The first-order valence-corrected chi connectivity index (χ1v) is 9.67. The summed E-state index contributed by atoms with van der Waals surface area (Å²) in [6.07, 6.45) is 4.14. The first kappa shape index (κ1) is 14.2. The zero-order valence-electron chi connectivity index (χ0n) is 12.2. The van der Waals surface area contributed by atoms with Gasteiger partial charge in [0.2, 0.25) is 0 Å². The van der Waals surface area contributed by atoms with Gasteiger partial charge in [-0.05, 0) is 0 Å². The molecule has 3 rings (SSSR count). The molecule has 0 aliphatic rings. The van der Waals surface area contributed by atoms with Crippen LogP contribution >= 0.6 is 6.04 Å². The van der Waals surface area contributed by atoms with Crippen LogP contribution in [0.5, 0.6) is 0 Å². The van der Waals surface area contributed by atoms with Crippen molar-refractivity contribution in [2.45, 2.75) is 0 Å². The molecule has 0 unspecified atom stereocenters. The number of nitrogens with zero attached hydrogens (tertiary/aromatic N) is 2. The van der Waals surface area contributed by atoms with Gasteiger partial charge in [0.1, 0.15) is 18.4 Å². The van der Waals surface area contributed by atoms with Gasteiger partial charge >= 0.3 is 0 Å². The maximum atomic E-state index is 6.30. The molecule has 106 valence electrons. The highest BCUT2D eigenvalue weighted by molar-refractivity contribution is 8.25. The molecule has 0 bridgehead atoms. The van der Waals surface area contributed by atoms with Crippen molar-refractivity contribution in [2.24, 2.45) is 14.1 Å². The summed E-state index contributed by atoms with van der Waals surface area (Å²) in [5.41, 5.74) is 1.19. The maximum absolute atomic E-state index is 6.30. The second kappa shape index (κ2) is 5.59. The Morgan fingerprint density at radius 1 is 0.905 bits per heavy atom. The summed E-state index contributed by atoms with van der Waals surface area (Å²) < 4.78 is 4.31. The van der Waals surface area contributed by atoms with Crippen LogP contribution < -0.4 is 20.7 Å². The predicted molar refractivity (Wildman–Crippen MR) is 92.7 cm³/mol. The fourth-order valence-corrected chi connectivity index (χ4v) is 7.15. The third kappa shape index (κ3) is 2.37. The van der Waals surface area contributed by atoms with Crippen molar-refractivity contribution in [3.63, 3.8) is 0 Å². The Hall–Kier alpha value is -1.70. The second-order valence-electron chi connectivity index (χ2n) is 5.10. The van der Waals surface area contributed by atoms with E-state index in [-0.39, 0.29) is 0 Å². The highest BCUT2D eigenvalue weighted by atomic mass is 32.4. The summed E-state index contributed by atoms with van der Waals surface area (Å²) in [6.45, 7) is 0. The molecule has 0 N–H and O–H groups in total. The quantitative estimate of drug-likeness (QED) is 0.527. The van der Waals surface area contributed by atoms with Crippen LogP contribution in [0.1, 0.15) is 0 Å². The molecule has 0 radical (unpaired) electrons. The Bertz CT molecular complexity index is 731. The number of imidazole rings is 1. The van der Waals surface area contributed by atoms with Crippen molar-refractivity contribution in [1.29, 1.82) is 0 Å². The zero-order valence-corrected chi connectivity index (χ0v) is 13.9. The molecule has 0 saturated heterocycles. The fourth-order valence-electron chi connectivity index (χ4n) is 2.68. The van der Waals surface area contributed by atoms with Crippen molar-refractivity contribution in [2.75, 3.05) is 0 Å². The molecule has 3 aromatic rings. The van der Waals surface area contributed by atoms with Gasteiger partial charge in [0.05, 0.1) is 14.1 Å². The number of benzene rings is 2. The third-order valence-corrected chi connectivity index (χ3v) is 8.67. The normalized spacial score (nSPS) is 11.5. The van der Waals surface area contributed by atoms with Gasteiger partial charge in [0.25, 0.3) is 5.57 Å². The van der Waals surface area contributed by atoms with Crippen LogP contribution in [0.25, 0.3) is 0 Å². The molecule has 0 amide bonds. The summed E-state index contributed by atoms with van der Waals surface area (Å²) >= 11 is 6.30. The van der Waals surface area contributed by atoms with E-state index < -0.39 is 6.04 Å². The third-order valence-electron chi connectivity index (χ3n) is 3.67. The van der Waals surface area contributed by atoms with Crippen LogP contribution in [0, 0.1) is 0 Å². The molecule has 0 saturated carbocycles. The number of rotatable bonds is 3. The Balaban J connectivity index is 2.35. The van der Waals surface area contributed by atoms with Crippen LogP contribution in [-0.4, -0.2) is 4.57 Å². The SMILES string of the molecule is Cn1cc[n+](C)c1P(=S)(c1ccccc1)c1ccccc1. The van der Waals surface area contributed by atoms with Crippen LogP contribution in [0.15, 0.2) is 73.1 Å². The van der Waals surface area contributed by atoms with Gasteiger partial charge in [0.15, 0.2) is 0 Å². The molecule has 1 heterocycles. The van der Waals surface area contributed by atoms with Crippen LogP contribution in [-0.2, 0) is 25.9 Å². The lowest BCUT2D eigenvalue weighted by atomic mass is 10.4. The molecule has 21 heavy (non-hydrogen) atoms. The Kier molecular flexibility index (Phi) is 3.79. The van der Waals surface area contributed by atoms with Gasteiger partial charge < -0.3 is 0 Å². The maximum Gasteiger partial charge on any atom is 0.294 e. The standard InChI is InChI=1S/C17H18N2PS/c1-18-13-14-19(2)17(18)20(21,15-9-5-3-6-10-15)16-11-7-4-8-12-16/h3-14H,1-2H3/q+1. The van der Waals surface area contributed by atoms with Crippen molar-refractivity contribution in [1.82, 2.24) is 4.57 Å². The summed E-state index contributed by atoms with van der Waals surface area (Å²) in [4.78, 5) is 0. The Morgan fingerprint density at radius 2 is 1.38 bits per heavy atom. The second-order valence-corrected chi connectivity index (χ2v) is 9.39. The average molecular weight is 313 g/mol. The van der Waals surface area contributed by atoms with E-state index >= 15 is 0 Å². The van der Waals surface area contributed by atoms with Gasteiger partial charge in [-0.15, -0.1) is 0 Å². The highest BCUT2D eigenvalue weighted by Crippen LogP contribution is 2.41. The van der Waals surface area contributed by atoms with Gasteiger partial charge in [-0.3, -0.25) is 0 Å². The molecule has 1 aromatic heterocycles. The van der Waals surface area contributed by atoms with Gasteiger partial charge in [-0.2, -0.15) is 0 Å². The molecule has 0 aliphatic carbocycles. The molecule has 2 aromatic carbocycles.